The van der Waals surface area contributed by atoms with Crippen molar-refractivity contribution in [2.45, 2.75) is 135 Å². The molecule has 0 fully saturated rings. The molecule has 0 saturated heterocycles. The Labute approximate surface area is 253 Å². The summed E-state index contributed by atoms with van der Waals surface area (Å²) >= 11 is 0. The number of carbonyl (C=O) groups excluding carboxylic acids is 2. The Balaban J connectivity index is 1.76. The second-order valence-electron chi connectivity index (χ2n) is 11.2. The van der Waals surface area contributed by atoms with E-state index in [1.54, 1.807) is 12.1 Å². The van der Waals surface area contributed by atoms with Crippen molar-refractivity contribution >= 4 is 18.0 Å². The van der Waals surface area contributed by atoms with Crippen molar-refractivity contribution in [2.24, 2.45) is 0 Å². The molecule has 0 spiro atoms. The molecule has 1 unspecified atom stereocenters. The average Bonchev–Trinajstić information content (AvgIpc) is 2.98. The Morgan fingerprint density at radius 3 is 1.62 bits per heavy atom. The second-order valence-corrected chi connectivity index (χ2v) is 11.2. The van der Waals surface area contributed by atoms with Gasteiger partial charge in [-0.3, -0.25) is 4.79 Å². The first-order valence-electron chi connectivity index (χ1n) is 16.2. The number of ether oxygens (including phenoxy) is 2. The molecule has 0 amide bonds. The summed E-state index contributed by atoms with van der Waals surface area (Å²) in [5.41, 5.74) is 0.619. The summed E-state index contributed by atoms with van der Waals surface area (Å²) in [4.78, 5) is 23.3. The maximum atomic E-state index is 11.8. The summed E-state index contributed by atoms with van der Waals surface area (Å²) in [6.07, 6.45) is 25.4. The third-order valence-electron chi connectivity index (χ3n) is 7.33. The summed E-state index contributed by atoms with van der Waals surface area (Å²) in [6, 6.07) is 4.37. The highest BCUT2D eigenvalue weighted by atomic mass is 16.5. The first-order chi connectivity index (χ1) is 20.4. The quantitative estimate of drug-likeness (QED) is 0.0361. The van der Waals surface area contributed by atoms with Crippen LogP contribution in [0.25, 0.3) is 6.08 Å². The van der Waals surface area contributed by atoms with Crippen LogP contribution in [0.15, 0.2) is 24.3 Å². The van der Waals surface area contributed by atoms with Crippen molar-refractivity contribution < 1.29 is 39.5 Å². The van der Waals surface area contributed by atoms with Gasteiger partial charge in [-0.25, -0.2) is 4.79 Å². The van der Waals surface area contributed by atoms with Gasteiger partial charge < -0.3 is 29.9 Å². The molecule has 0 aliphatic carbocycles. The summed E-state index contributed by atoms with van der Waals surface area (Å²) in [5, 5.41) is 36.6. The van der Waals surface area contributed by atoms with Crippen LogP contribution in [0.2, 0.25) is 0 Å². The molecule has 0 bridgehead atoms. The van der Waals surface area contributed by atoms with Crippen molar-refractivity contribution in [2.75, 3.05) is 19.8 Å². The molecule has 1 aromatic rings. The number of phenolic OH excluding ortho intramolecular Hbond substituents is 2. The fraction of sp³-hybridized carbons (Fsp3) is 0.706. The van der Waals surface area contributed by atoms with E-state index in [0.717, 1.165) is 32.1 Å². The van der Waals surface area contributed by atoms with Gasteiger partial charge in [0.05, 0.1) is 13.2 Å². The first kappa shape index (κ1) is 37.4. The lowest BCUT2D eigenvalue weighted by Gasteiger charge is -2.08. The molecule has 1 aromatic carbocycles. The maximum Gasteiger partial charge on any atom is 0.330 e. The number of unbranched alkanes of at least 4 members (excludes halogenated alkanes) is 18. The van der Waals surface area contributed by atoms with Gasteiger partial charge in [-0.1, -0.05) is 115 Å². The molecule has 240 valence electrons. The van der Waals surface area contributed by atoms with Crippen LogP contribution in [-0.4, -0.2) is 58.3 Å². The maximum absolute atomic E-state index is 11.8. The fourth-order valence-corrected chi connectivity index (χ4v) is 4.72. The zero-order valence-corrected chi connectivity index (χ0v) is 25.6. The molecule has 0 aliphatic heterocycles. The number of aliphatic hydroxyl groups excluding tert-OH is 2. The highest BCUT2D eigenvalue weighted by Gasteiger charge is 2.07. The van der Waals surface area contributed by atoms with E-state index in [1.165, 1.54) is 108 Å². The van der Waals surface area contributed by atoms with Gasteiger partial charge >= 0.3 is 11.9 Å². The highest BCUT2D eigenvalue weighted by molar-refractivity contribution is 5.87. The largest absolute Gasteiger partial charge is 0.504 e. The molecular formula is C34H56O8. The minimum absolute atomic E-state index is 0.125. The van der Waals surface area contributed by atoms with Gasteiger partial charge in [0.15, 0.2) is 11.5 Å². The number of benzene rings is 1. The lowest BCUT2D eigenvalue weighted by atomic mass is 10.0. The molecule has 42 heavy (non-hydrogen) atoms. The molecule has 0 aliphatic rings. The Hall–Kier alpha value is -2.58. The number of aromatic hydroxyl groups is 2. The Kier molecular flexibility index (Phi) is 23.2. The zero-order valence-electron chi connectivity index (χ0n) is 25.6. The van der Waals surface area contributed by atoms with Crippen LogP contribution in [0.1, 0.15) is 134 Å². The SMILES string of the molecule is O=C(C=Cc1ccc(O)c(O)c1)OCCCCCCCCCCCCCCCCCCCCCC(=O)OCC(O)CO. The topological polar surface area (TPSA) is 134 Å². The minimum Gasteiger partial charge on any atom is -0.504 e. The predicted octanol–water partition coefficient (Wildman–Crippen LogP) is 7.35. The van der Waals surface area contributed by atoms with E-state index < -0.39 is 12.1 Å². The zero-order chi connectivity index (χ0) is 30.7. The number of rotatable bonds is 27. The van der Waals surface area contributed by atoms with Crippen molar-refractivity contribution in [3.05, 3.63) is 29.8 Å². The molecule has 0 aromatic heterocycles. The number of phenols is 2. The summed E-state index contributed by atoms with van der Waals surface area (Å²) in [6.45, 7) is -0.0914. The van der Waals surface area contributed by atoms with Crippen LogP contribution in [0.3, 0.4) is 0 Å². The Morgan fingerprint density at radius 2 is 1.14 bits per heavy atom. The number of aliphatic hydroxyl groups is 2. The van der Waals surface area contributed by atoms with Crippen molar-refractivity contribution in [1.29, 1.82) is 0 Å². The third-order valence-corrected chi connectivity index (χ3v) is 7.33. The number of hydrogen-bond acceptors (Lipinski definition) is 8. The van der Waals surface area contributed by atoms with E-state index in [9.17, 15) is 19.8 Å². The van der Waals surface area contributed by atoms with Gasteiger partial charge in [0, 0.05) is 12.5 Å². The van der Waals surface area contributed by atoms with Crippen molar-refractivity contribution in [3.63, 3.8) is 0 Å². The van der Waals surface area contributed by atoms with Gasteiger partial charge in [0.2, 0.25) is 0 Å². The molecule has 1 rings (SSSR count). The van der Waals surface area contributed by atoms with Crippen molar-refractivity contribution in [1.82, 2.24) is 0 Å². The highest BCUT2D eigenvalue weighted by Crippen LogP contribution is 2.25. The molecule has 4 N–H and O–H groups in total. The molecule has 1 atom stereocenters. The van der Waals surface area contributed by atoms with Crippen LogP contribution < -0.4 is 0 Å². The minimum atomic E-state index is -0.978. The first-order valence-corrected chi connectivity index (χ1v) is 16.2. The molecule has 8 heteroatoms. The Morgan fingerprint density at radius 1 is 0.667 bits per heavy atom. The number of esters is 2. The van der Waals surface area contributed by atoms with E-state index in [2.05, 4.69) is 0 Å². The molecular weight excluding hydrogens is 536 g/mol. The summed E-state index contributed by atoms with van der Waals surface area (Å²) < 4.78 is 10.1. The summed E-state index contributed by atoms with van der Waals surface area (Å²) in [5.74, 6) is -1.10. The molecule has 0 radical (unpaired) electrons. The smallest absolute Gasteiger partial charge is 0.330 e. The Bertz CT molecular complexity index is 854. The van der Waals surface area contributed by atoms with E-state index in [0.29, 0.717) is 18.6 Å². The number of carbonyl (C=O) groups is 2. The molecule has 0 heterocycles. The second kappa shape index (κ2) is 26.1. The molecule has 0 saturated carbocycles. The van der Waals surface area contributed by atoms with Gasteiger partial charge in [-0.2, -0.15) is 0 Å². The van der Waals surface area contributed by atoms with E-state index >= 15 is 0 Å². The van der Waals surface area contributed by atoms with Gasteiger partial charge in [0.25, 0.3) is 0 Å². The lowest BCUT2D eigenvalue weighted by molar-refractivity contribution is -0.147. The molecule has 8 nitrogen and oxygen atoms in total. The van der Waals surface area contributed by atoms with Gasteiger partial charge in [-0.15, -0.1) is 0 Å². The van der Waals surface area contributed by atoms with E-state index in [4.69, 9.17) is 19.7 Å². The number of hydrogen-bond donors (Lipinski definition) is 4. The van der Waals surface area contributed by atoms with E-state index in [-0.39, 0.29) is 30.7 Å². The normalized spacial score (nSPS) is 12.0. The van der Waals surface area contributed by atoms with Gasteiger partial charge in [-0.05, 0) is 36.6 Å². The average molecular weight is 593 g/mol. The third kappa shape index (κ3) is 22.1. The summed E-state index contributed by atoms with van der Waals surface area (Å²) in [7, 11) is 0. The lowest BCUT2D eigenvalue weighted by Crippen LogP contribution is -2.21. The van der Waals surface area contributed by atoms with Crippen LogP contribution in [0, 0.1) is 0 Å². The van der Waals surface area contributed by atoms with Crippen LogP contribution >= 0.6 is 0 Å². The van der Waals surface area contributed by atoms with Gasteiger partial charge in [0.1, 0.15) is 12.7 Å². The van der Waals surface area contributed by atoms with Crippen LogP contribution in [0.5, 0.6) is 11.5 Å². The van der Waals surface area contributed by atoms with Crippen LogP contribution in [-0.2, 0) is 19.1 Å². The standard InChI is InChI=1S/C34H56O8/c35-27-30(36)28-42-33(39)20-18-16-14-12-10-8-6-4-2-1-3-5-7-9-11-13-15-17-19-25-41-34(40)24-22-29-21-23-31(37)32(38)26-29/h21-24,26,30,35-38H,1-20,25,27-28H2. The predicted molar refractivity (Wildman–Crippen MR) is 166 cm³/mol. The van der Waals surface area contributed by atoms with Crippen LogP contribution in [0.4, 0.5) is 0 Å². The monoisotopic (exact) mass is 592 g/mol. The van der Waals surface area contributed by atoms with Crippen molar-refractivity contribution in [3.8, 4) is 11.5 Å². The fourth-order valence-electron chi connectivity index (χ4n) is 4.72. The van der Waals surface area contributed by atoms with E-state index in [1.807, 2.05) is 0 Å².